The van der Waals surface area contributed by atoms with Gasteiger partial charge < -0.3 is 0 Å². The first kappa shape index (κ1) is 8.72. The molecule has 0 atom stereocenters. The summed E-state index contributed by atoms with van der Waals surface area (Å²) in [4.78, 5) is 11.3. The fraction of sp³-hybridized carbons (Fsp3) is 0. The Morgan fingerprint density at radius 1 is 1.31 bits per heavy atom. The van der Waals surface area contributed by atoms with Crippen LogP contribution < -0.4 is 5.43 Å². The minimum absolute atomic E-state index is 0.112. The number of rotatable bonds is 0. The summed E-state index contributed by atoms with van der Waals surface area (Å²) in [7, 11) is 0. The fourth-order valence-corrected chi connectivity index (χ4v) is 2.37. The predicted molar refractivity (Wildman–Crippen MR) is 55.3 cm³/mol. The molecule has 0 saturated heterocycles. The van der Waals surface area contributed by atoms with E-state index in [2.05, 4.69) is 12.6 Å². The van der Waals surface area contributed by atoms with Gasteiger partial charge in [-0.1, -0.05) is 0 Å². The summed E-state index contributed by atoms with van der Waals surface area (Å²) in [5.74, 6) is -0.331. The van der Waals surface area contributed by atoms with Crippen LogP contribution >= 0.6 is 24.0 Å². The molecule has 0 saturated carbocycles. The number of fused-ring (bicyclic) bond motifs is 1. The highest BCUT2D eigenvalue weighted by Gasteiger charge is 2.01. The van der Waals surface area contributed by atoms with Gasteiger partial charge in [-0.25, -0.2) is 4.39 Å². The van der Waals surface area contributed by atoms with Crippen molar-refractivity contribution in [1.29, 1.82) is 0 Å². The van der Waals surface area contributed by atoms with Crippen molar-refractivity contribution in [3.05, 3.63) is 40.3 Å². The van der Waals surface area contributed by atoms with Gasteiger partial charge in [-0.3, -0.25) is 4.79 Å². The lowest BCUT2D eigenvalue weighted by molar-refractivity contribution is 0.630. The number of benzene rings is 1. The van der Waals surface area contributed by atoms with Crippen LogP contribution in [0, 0.1) is 5.82 Å². The first-order valence-electron chi connectivity index (χ1n) is 3.59. The molecule has 0 unspecified atom stereocenters. The molecule has 1 nitrogen and oxygen atoms in total. The van der Waals surface area contributed by atoms with Gasteiger partial charge in [0.25, 0.3) is 0 Å². The molecule has 2 aromatic rings. The van der Waals surface area contributed by atoms with Crippen molar-refractivity contribution in [2.75, 3.05) is 0 Å². The van der Waals surface area contributed by atoms with Crippen LogP contribution in [-0.2, 0) is 0 Å². The van der Waals surface area contributed by atoms with Crippen molar-refractivity contribution in [3.63, 3.8) is 0 Å². The van der Waals surface area contributed by atoms with E-state index in [-0.39, 0.29) is 11.2 Å². The van der Waals surface area contributed by atoms with E-state index >= 15 is 0 Å². The SMILES string of the molecule is O=c1cc(S)sc2cc(F)ccc12. The number of hydrogen-bond donors (Lipinski definition) is 1. The van der Waals surface area contributed by atoms with E-state index in [0.717, 1.165) is 0 Å². The summed E-state index contributed by atoms with van der Waals surface area (Å²) in [5, 5.41) is 0.546. The Morgan fingerprint density at radius 2 is 2.08 bits per heavy atom. The van der Waals surface area contributed by atoms with E-state index in [9.17, 15) is 9.18 Å². The van der Waals surface area contributed by atoms with Gasteiger partial charge in [0, 0.05) is 16.2 Å². The Morgan fingerprint density at radius 3 is 2.85 bits per heavy atom. The van der Waals surface area contributed by atoms with E-state index in [1.807, 2.05) is 0 Å². The summed E-state index contributed by atoms with van der Waals surface area (Å²) >= 11 is 5.35. The molecule has 0 N–H and O–H groups in total. The second-order valence-electron chi connectivity index (χ2n) is 2.59. The first-order chi connectivity index (χ1) is 6.16. The zero-order valence-electron chi connectivity index (χ0n) is 6.45. The quantitative estimate of drug-likeness (QED) is 0.664. The second kappa shape index (κ2) is 3.12. The van der Waals surface area contributed by atoms with Gasteiger partial charge in [0.2, 0.25) is 0 Å². The Balaban J connectivity index is 2.95. The molecule has 0 aliphatic rings. The van der Waals surface area contributed by atoms with Crippen LogP contribution in [0.4, 0.5) is 4.39 Å². The molecule has 66 valence electrons. The van der Waals surface area contributed by atoms with Crippen molar-refractivity contribution in [3.8, 4) is 0 Å². The van der Waals surface area contributed by atoms with Crippen LogP contribution in [0.25, 0.3) is 10.1 Å². The van der Waals surface area contributed by atoms with Crippen molar-refractivity contribution in [2.45, 2.75) is 4.21 Å². The monoisotopic (exact) mass is 212 g/mol. The molecular formula is C9H5FOS2. The van der Waals surface area contributed by atoms with Gasteiger partial charge >= 0.3 is 0 Å². The average molecular weight is 212 g/mol. The molecule has 1 aromatic heterocycles. The zero-order chi connectivity index (χ0) is 9.42. The third-order valence-corrected chi connectivity index (χ3v) is 2.97. The summed E-state index contributed by atoms with van der Waals surface area (Å²) in [5.41, 5.74) is -0.112. The normalized spacial score (nSPS) is 10.6. The molecule has 1 heterocycles. The van der Waals surface area contributed by atoms with E-state index < -0.39 is 0 Å². The van der Waals surface area contributed by atoms with Crippen LogP contribution in [0.5, 0.6) is 0 Å². The lowest BCUT2D eigenvalue weighted by Crippen LogP contribution is -1.97. The van der Waals surface area contributed by atoms with Crippen molar-refractivity contribution >= 4 is 34.1 Å². The molecular weight excluding hydrogens is 207 g/mol. The van der Waals surface area contributed by atoms with E-state index in [4.69, 9.17) is 0 Å². The summed E-state index contributed by atoms with van der Waals surface area (Å²) < 4.78 is 14.0. The number of thiol groups is 1. The maximum absolute atomic E-state index is 12.8. The molecule has 0 aliphatic heterocycles. The Bertz CT molecular complexity index is 513. The fourth-order valence-electron chi connectivity index (χ4n) is 1.12. The second-order valence-corrected chi connectivity index (χ2v) is 4.46. The van der Waals surface area contributed by atoms with Crippen LogP contribution in [0.15, 0.2) is 33.3 Å². The van der Waals surface area contributed by atoms with Crippen LogP contribution in [0.3, 0.4) is 0 Å². The Labute approximate surface area is 83.2 Å². The Hall–Kier alpha value is -0.870. The number of hydrogen-bond acceptors (Lipinski definition) is 3. The van der Waals surface area contributed by atoms with Gasteiger partial charge in [-0.05, 0) is 18.2 Å². The molecule has 4 heteroatoms. The smallest absolute Gasteiger partial charge is 0.189 e. The molecule has 0 spiro atoms. The van der Waals surface area contributed by atoms with Gasteiger partial charge in [-0.2, -0.15) is 0 Å². The molecule has 0 fully saturated rings. The maximum atomic E-state index is 12.8. The third-order valence-electron chi connectivity index (χ3n) is 1.68. The highest BCUT2D eigenvalue weighted by Crippen LogP contribution is 2.21. The number of halogens is 1. The molecule has 0 amide bonds. The van der Waals surface area contributed by atoms with E-state index in [1.54, 1.807) is 0 Å². The highest BCUT2D eigenvalue weighted by molar-refractivity contribution is 7.83. The van der Waals surface area contributed by atoms with Crippen molar-refractivity contribution in [1.82, 2.24) is 0 Å². The minimum Gasteiger partial charge on any atom is -0.289 e. The van der Waals surface area contributed by atoms with Crippen molar-refractivity contribution < 1.29 is 4.39 Å². The molecule has 13 heavy (non-hydrogen) atoms. The highest BCUT2D eigenvalue weighted by atomic mass is 32.2. The largest absolute Gasteiger partial charge is 0.289 e. The topological polar surface area (TPSA) is 17.1 Å². The summed E-state index contributed by atoms with van der Waals surface area (Å²) in [6, 6.07) is 5.57. The van der Waals surface area contributed by atoms with Crippen molar-refractivity contribution in [2.24, 2.45) is 0 Å². The van der Waals surface area contributed by atoms with E-state index in [0.29, 0.717) is 14.3 Å². The van der Waals surface area contributed by atoms with Gasteiger partial charge in [-0.15, -0.1) is 24.0 Å². The predicted octanol–water partition coefficient (Wildman–Crippen LogP) is 2.69. The standard InChI is InChI=1S/C9H5FOS2/c10-5-1-2-6-7(11)4-9(12)13-8(6)3-5/h1-4,12H. The van der Waals surface area contributed by atoms with Gasteiger partial charge in [0.15, 0.2) is 5.43 Å². The molecule has 1 aromatic carbocycles. The minimum atomic E-state index is -0.331. The van der Waals surface area contributed by atoms with Crippen LogP contribution in [0.1, 0.15) is 0 Å². The Kier molecular flexibility index (Phi) is 2.09. The molecule has 0 radical (unpaired) electrons. The summed E-state index contributed by atoms with van der Waals surface area (Å²) in [6.45, 7) is 0. The maximum Gasteiger partial charge on any atom is 0.189 e. The van der Waals surface area contributed by atoms with Crippen LogP contribution in [-0.4, -0.2) is 0 Å². The molecule has 0 aliphatic carbocycles. The molecule has 0 bridgehead atoms. The first-order valence-corrected chi connectivity index (χ1v) is 4.85. The molecule has 2 rings (SSSR count). The van der Waals surface area contributed by atoms with Gasteiger partial charge in [0.1, 0.15) is 5.82 Å². The van der Waals surface area contributed by atoms with E-state index in [1.165, 1.54) is 35.6 Å². The zero-order valence-corrected chi connectivity index (χ0v) is 8.16. The third kappa shape index (κ3) is 1.59. The lowest BCUT2D eigenvalue weighted by atomic mass is 10.2. The lowest BCUT2D eigenvalue weighted by Gasteiger charge is -1.96. The summed E-state index contributed by atoms with van der Waals surface area (Å²) in [6.07, 6.45) is 0. The van der Waals surface area contributed by atoms with Gasteiger partial charge in [0.05, 0.1) is 4.21 Å². The average Bonchev–Trinajstić information content (AvgIpc) is 2.02. The van der Waals surface area contributed by atoms with Crippen LogP contribution in [0.2, 0.25) is 0 Å².